The molecule has 0 saturated carbocycles. The topological polar surface area (TPSA) is 0 Å². The summed E-state index contributed by atoms with van der Waals surface area (Å²) in [6.07, 6.45) is 6.11. The van der Waals surface area contributed by atoms with Gasteiger partial charge in [0.15, 0.2) is 0 Å². The smallest absolute Gasteiger partial charge is 0.0222 e. The Labute approximate surface area is 39.3 Å². The minimum Gasteiger partial charge on any atom is -0.172 e. The van der Waals surface area contributed by atoms with E-state index < -0.39 is 9.24 Å². The van der Waals surface area contributed by atoms with Crippen molar-refractivity contribution in [3.63, 3.8) is 0 Å². The third-order valence-electron chi connectivity index (χ3n) is 0. The molecule has 0 aliphatic carbocycles. The van der Waals surface area contributed by atoms with Crippen molar-refractivity contribution in [3.8, 4) is 0 Å². The van der Waals surface area contributed by atoms with E-state index in [1.807, 2.05) is 18.8 Å². The second-order valence-electron chi connectivity index (χ2n) is 1.69. The zero-order chi connectivity index (χ0) is 4.50. The first-order chi connectivity index (χ1) is 2.00. The fourth-order valence-electron chi connectivity index (χ4n) is 0. The van der Waals surface area contributed by atoms with Gasteiger partial charge >= 0.3 is 0 Å². The highest BCUT2D eigenvalue weighted by molar-refractivity contribution is 8.49. The number of hydrogen-bond acceptors (Lipinski definition) is 0. The van der Waals surface area contributed by atoms with E-state index in [2.05, 4.69) is 0 Å². The van der Waals surface area contributed by atoms with Crippen LogP contribution in [-0.4, -0.2) is 18.8 Å². The number of hydrogen-bond donors (Lipinski definition) is 0. The predicted molar refractivity (Wildman–Crippen MR) is 31.2 cm³/mol. The van der Waals surface area contributed by atoms with Gasteiger partial charge in [0.25, 0.3) is 0 Å². The molecule has 0 amide bonds. The van der Waals surface area contributed by atoms with Gasteiger partial charge < -0.3 is 0 Å². The molecule has 5 heavy (non-hydrogen) atoms. The van der Waals surface area contributed by atoms with Gasteiger partial charge in [0.1, 0.15) is 0 Å². The van der Waals surface area contributed by atoms with Crippen molar-refractivity contribution < 1.29 is 0 Å². The SMILES string of the molecule is CS(C)(C)Cl. The Kier molecular flexibility index (Phi) is 1.57. The van der Waals surface area contributed by atoms with Crippen LogP contribution >= 0.6 is 19.9 Å². The third kappa shape index (κ3) is 79.0. The molecule has 0 aliphatic rings. The molecule has 0 bridgehead atoms. The first-order valence-corrected chi connectivity index (χ1v) is 5.06. The van der Waals surface area contributed by atoms with Gasteiger partial charge in [0.2, 0.25) is 0 Å². The maximum absolute atomic E-state index is 5.61. The van der Waals surface area contributed by atoms with Crippen molar-refractivity contribution in [2.45, 2.75) is 0 Å². The Hall–Kier alpha value is 0.640. The molecule has 0 unspecified atom stereocenters. The van der Waals surface area contributed by atoms with Crippen molar-refractivity contribution in [3.05, 3.63) is 0 Å². The predicted octanol–water partition coefficient (Wildman–Crippen LogP) is 1.83. The van der Waals surface area contributed by atoms with Gasteiger partial charge in [-0.3, -0.25) is 0 Å². The lowest BCUT2D eigenvalue weighted by Crippen LogP contribution is -1.73. The minimum absolute atomic E-state index is 0.694. The fourth-order valence-corrected chi connectivity index (χ4v) is 0. The molecule has 0 atom stereocenters. The molecule has 0 spiro atoms. The first-order valence-electron chi connectivity index (χ1n) is 1.38. The van der Waals surface area contributed by atoms with Crippen molar-refractivity contribution in [1.29, 1.82) is 0 Å². The van der Waals surface area contributed by atoms with Crippen LogP contribution in [0.15, 0.2) is 0 Å². The Morgan fingerprint density at radius 2 is 1.20 bits per heavy atom. The van der Waals surface area contributed by atoms with E-state index in [4.69, 9.17) is 10.7 Å². The summed E-state index contributed by atoms with van der Waals surface area (Å²) in [4.78, 5) is 0. The highest BCUT2D eigenvalue weighted by atomic mass is 35.7. The molecule has 2 heteroatoms. The van der Waals surface area contributed by atoms with E-state index in [-0.39, 0.29) is 0 Å². The Balaban J connectivity index is 3.02. The van der Waals surface area contributed by atoms with E-state index >= 15 is 0 Å². The molecule has 0 nitrogen and oxygen atoms in total. The van der Waals surface area contributed by atoms with Crippen molar-refractivity contribution in [1.82, 2.24) is 0 Å². The normalized spacial score (nSPS) is 15.2. The second kappa shape index (κ2) is 1.39. The monoisotopic (exact) mass is 112 g/mol. The van der Waals surface area contributed by atoms with Crippen LogP contribution in [0, 0.1) is 0 Å². The molecule has 0 aromatic heterocycles. The van der Waals surface area contributed by atoms with Gasteiger partial charge in [-0.1, -0.05) is 10.7 Å². The van der Waals surface area contributed by atoms with Gasteiger partial charge in [0, 0.05) is 0 Å². The van der Waals surface area contributed by atoms with Gasteiger partial charge in [-0.05, 0) is 18.8 Å². The summed E-state index contributed by atoms with van der Waals surface area (Å²) in [5, 5.41) is 0. The Bertz CT molecular complexity index is 22.4. The maximum Gasteiger partial charge on any atom is -0.0222 e. The Morgan fingerprint density at radius 3 is 1.20 bits per heavy atom. The number of halogens is 1. The van der Waals surface area contributed by atoms with Gasteiger partial charge in [-0.2, -0.15) is 9.24 Å². The quantitative estimate of drug-likeness (QED) is 0.449. The lowest BCUT2D eigenvalue weighted by molar-refractivity contribution is 2.17. The minimum atomic E-state index is -0.694. The van der Waals surface area contributed by atoms with Gasteiger partial charge in [0.05, 0.1) is 0 Å². The zero-order valence-electron chi connectivity index (χ0n) is 3.79. The lowest BCUT2D eigenvalue weighted by atomic mass is 11.9. The zero-order valence-corrected chi connectivity index (χ0v) is 5.36. The highest BCUT2D eigenvalue weighted by Gasteiger charge is 1.90. The fraction of sp³-hybridized carbons (Fsp3) is 1.00. The average Bonchev–Trinajstić information content (AvgIpc) is 0.722. The summed E-state index contributed by atoms with van der Waals surface area (Å²) in [6, 6.07) is 0. The molecule has 0 radical (unpaired) electrons. The molecular weight excluding hydrogens is 104 g/mol. The summed E-state index contributed by atoms with van der Waals surface area (Å²) in [6.45, 7) is 0. The molecule has 0 aromatic rings. The summed E-state index contributed by atoms with van der Waals surface area (Å²) >= 11 is 0. The maximum atomic E-state index is 5.61. The highest BCUT2D eigenvalue weighted by Crippen LogP contribution is 2.39. The molecular formula is C3H9ClS. The van der Waals surface area contributed by atoms with Crippen LogP contribution in [0.3, 0.4) is 0 Å². The molecule has 0 rings (SSSR count). The van der Waals surface area contributed by atoms with Crippen molar-refractivity contribution >= 4 is 19.9 Å². The second-order valence-corrected chi connectivity index (χ2v) is 7.84. The van der Waals surface area contributed by atoms with E-state index in [0.29, 0.717) is 0 Å². The van der Waals surface area contributed by atoms with Gasteiger partial charge in [-0.15, -0.1) is 0 Å². The summed E-state index contributed by atoms with van der Waals surface area (Å²) in [5.74, 6) is 0. The van der Waals surface area contributed by atoms with E-state index in [1.165, 1.54) is 0 Å². The standard InChI is InChI=1S/C3H9ClS/c1-5(2,3)4/h1-3H3. The molecule has 34 valence electrons. The van der Waals surface area contributed by atoms with E-state index in [1.54, 1.807) is 0 Å². The molecule has 0 fully saturated rings. The van der Waals surface area contributed by atoms with Crippen LogP contribution in [0.1, 0.15) is 0 Å². The summed E-state index contributed by atoms with van der Waals surface area (Å²) in [7, 11) is 4.92. The third-order valence-corrected chi connectivity index (χ3v) is 0. The molecule has 0 saturated heterocycles. The molecule has 0 aliphatic heterocycles. The van der Waals surface area contributed by atoms with E-state index in [9.17, 15) is 0 Å². The summed E-state index contributed by atoms with van der Waals surface area (Å²) < 4.78 is 0. The van der Waals surface area contributed by atoms with E-state index in [0.717, 1.165) is 0 Å². The largest absolute Gasteiger partial charge is 0.172 e. The Morgan fingerprint density at radius 1 is 1.20 bits per heavy atom. The molecule has 0 aromatic carbocycles. The first kappa shape index (κ1) is 5.64. The summed E-state index contributed by atoms with van der Waals surface area (Å²) in [5.41, 5.74) is 0. The van der Waals surface area contributed by atoms with Crippen molar-refractivity contribution in [2.24, 2.45) is 0 Å². The lowest BCUT2D eigenvalue weighted by Gasteiger charge is -2.10. The van der Waals surface area contributed by atoms with Gasteiger partial charge in [-0.25, -0.2) is 0 Å². The van der Waals surface area contributed by atoms with Crippen LogP contribution in [0.2, 0.25) is 0 Å². The number of rotatable bonds is 0. The van der Waals surface area contributed by atoms with Crippen LogP contribution in [-0.2, 0) is 0 Å². The van der Waals surface area contributed by atoms with Crippen LogP contribution in [0.25, 0.3) is 0 Å². The van der Waals surface area contributed by atoms with Crippen LogP contribution in [0.5, 0.6) is 0 Å². The van der Waals surface area contributed by atoms with Crippen molar-refractivity contribution in [2.75, 3.05) is 18.8 Å². The average molecular weight is 113 g/mol. The van der Waals surface area contributed by atoms with Crippen LogP contribution in [0.4, 0.5) is 0 Å². The van der Waals surface area contributed by atoms with Crippen LogP contribution < -0.4 is 0 Å². The molecule has 0 heterocycles. The molecule has 0 N–H and O–H groups in total.